The SMILES string of the molecule is N#C/C(=C/NCCc1ccc(F)cc1)C(=O)NCc1cccnc1. The van der Waals surface area contributed by atoms with Crippen molar-refractivity contribution in [3.05, 3.63) is 77.5 Å². The summed E-state index contributed by atoms with van der Waals surface area (Å²) in [7, 11) is 0. The highest BCUT2D eigenvalue weighted by molar-refractivity contribution is 5.97. The van der Waals surface area contributed by atoms with E-state index in [9.17, 15) is 9.18 Å². The number of hydrogen-bond donors (Lipinski definition) is 2. The van der Waals surface area contributed by atoms with E-state index in [0.717, 1.165) is 11.1 Å². The molecule has 122 valence electrons. The van der Waals surface area contributed by atoms with E-state index in [1.165, 1.54) is 18.3 Å². The van der Waals surface area contributed by atoms with Gasteiger partial charge in [-0.15, -0.1) is 0 Å². The molecule has 0 spiro atoms. The Morgan fingerprint density at radius 1 is 1.25 bits per heavy atom. The third kappa shape index (κ3) is 5.54. The topological polar surface area (TPSA) is 77.8 Å². The highest BCUT2D eigenvalue weighted by atomic mass is 19.1. The Hall–Kier alpha value is -3.20. The summed E-state index contributed by atoms with van der Waals surface area (Å²) in [6.45, 7) is 0.841. The lowest BCUT2D eigenvalue weighted by atomic mass is 10.1. The Labute approximate surface area is 139 Å². The van der Waals surface area contributed by atoms with Crippen LogP contribution in [0, 0.1) is 17.1 Å². The number of pyridine rings is 1. The third-order valence-electron chi connectivity index (χ3n) is 3.26. The first-order valence-electron chi connectivity index (χ1n) is 7.44. The van der Waals surface area contributed by atoms with Gasteiger partial charge in [-0.05, 0) is 35.7 Å². The van der Waals surface area contributed by atoms with Crippen molar-refractivity contribution in [2.24, 2.45) is 0 Å². The second kappa shape index (κ2) is 9.06. The van der Waals surface area contributed by atoms with Gasteiger partial charge in [0.25, 0.3) is 5.91 Å². The number of hydrogen-bond acceptors (Lipinski definition) is 4. The summed E-state index contributed by atoms with van der Waals surface area (Å²) in [5, 5.41) is 14.7. The molecule has 0 aliphatic rings. The van der Waals surface area contributed by atoms with Crippen LogP contribution in [0.5, 0.6) is 0 Å². The fraction of sp³-hybridized carbons (Fsp3) is 0.167. The number of amides is 1. The summed E-state index contributed by atoms with van der Waals surface area (Å²) >= 11 is 0. The first-order valence-corrected chi connectivity index (χ1v) is 7.44. The molecule has 1 amide bonds. The van der Waals surface area contributed by atoms with Crippen LogP contribution in [0.15, 0.2) is 60.6 Å². The third-order valence-corrected chi connectivity index (χ3v) is 3.26. The zero-order valence-corrected chi connectivity index (χ0v) is 13.0. The van der Waals surface area contributed by atoms with Gasteiger partial charge in [0.15, 0.2) is 0 Å². The zero-order valence-electron chi connectivity index (χ0n) is 13.0. The minimum absolute atomic E-state index is 0.00186. The molecule has 24 heavy (non-hydrogen) atoms. The first-order chi connectivity index (χ1) is 11.7. The highest BCUT2D eigenvalue weighted by Crippen LogP contribution is 2.03. The summed E-state index contributed by atoms with van der Waals surface area (Å²) in [6.07, 6.45) is 5.35. The largest absolute Gasteiger partial charge is 0.389 e. The predicted octanol–water partition coefficient (Wildman–Crippen LogP) is 2.08. The lowest BCUT2D eigenvalue weighted by Gasteiger charge is -2.05. The van der Waals surface area contributed by atoms with E-state index in [4.69, 9.17) is 5.26 Å². The summed E-state index contributed by atoms with van der Waals surface area (Å²) < 4.78 is 12.8. The highest BCUT2D eigenvalue weighted by Gasteiger charge is 2.08. The maximum Gasteiger partial charge on any atom is 0.263 e. The normalized spacial score (nSPS) is 10.8. The molecular formula is C18H17FN4O. The molecule has 1 heterocycles. The average molecular weight is 324 g/mol. The Bertz CT molecular complexity index is 736. The van der Waals surface area contributed by atoms with Crippen molar-refractivity contribution in [1.29, 1.82) is 5.26 Å². The van der Waals surface area contributed by atoms with Gasteiger partial charge < -0.3 is 10.6 Å². The Kier molecular flexibility index (Phi) is 6.47. The monoisotopic (exact) mass is 324 g/mol. The van der Waals surface area contributed by atoms with Crippen LogP contribution < -0.4 is 10.6 Å². The molecule has 5 nitrogen and oxygen atoms in total. The average Bonchev–Trinajstić information content (AvgIpc) is 2.62. The number of nitrogens with one attached hydrogen (secondary N) is 2. The molecule has 1 aromatic heterocycles. The molecule has 0 aliphatic carbocycles. The molecule has 0 bridgehead atoms. The van der Waals surface area contributed by atoms with Gasteiger partial charge in [0.1, 0.15) is 17.5 Å². The molecule has 2 N–H and O–H groups in total. The second-order valence-electron chi connectivity index (χ2n) is 5.04. The summed E-state index contributed by atoms with van der Waals surface area (Å²) in [4.78, 5) is 15.9. The van der Waals surface area contributed by atoms with E-state index in [-0.39, 0.29) is 11.4 Å². The molecule has 6 heteroatoms. The quantitative estimate of drug-likeness (QED) is 0.464. The zero-order chi connectivity index (χ0) is 17.2. The van der Waals surface area contributed by atoms with E-state index >= 15 is 0 Å². The summed E-state index contributed by atoms with van der Waals surface area (Å²) in [5.41, 5.74) is 1.82. The van der Waals surface area contributed by atoms with Crippen molar-refractivity contribution >= 4 is 5.91 Å². The Morgan fingerprint density at radius 3 is 2.71 bits per heavy atom. The predicted molar refractivity (Wildman–Crippen MR) is 87.9 cm³/mol. The number of nitriles is 1. The Morgan fingerprint density at radius 2 is 2.04 bits per heavy atom. The van der Waals surface area contributed by atoms with Crippen molar-refractivity contribution in [2.75, 3.05) is 6.54 Å². The standard InChI is InChI=1S/C18H17FN4O/c19-17-5-3-14(4-6-17)7-9-22-13-16(10-20)18(24)23-12-15-2-1-8-21-11-15/h1-6,8,11,13,22H,7,9,12H2,(H,23,24)/b16-13-. The molecule has 0 aliphatic heterocycles. The summed E-state index contributed by atoms with van der Waals surface area (Å²) in [5.74, 6) is -0.723. The molecule has 0 atom stereocenters. The van der Waals surface area contributed by atoms with Gasteiger partial charge in [0, 0.05) is 31.7 Å². The first kappa shape index (κ1) is 17.2. The molecule has 0 fully saturated rings. The van der Waals surface area contributed by atoms with Gasteiger partial charge in [-0.3, -0.25) is 9.78 Å². The van der Waals surface area contributed by atoms with E-state index in [1.807, 2.05) is 12.1 Å². The van der Waals surface area contributed by atoms with Crippen LogP contribution in [0.3, 0.4) is 0 Å². The minimum atomic E-state index is -0.448. The van der Waals surface area contributed by atoms with Gasteiger partial charge in [0.2, 0.25) is 0 Å². The van der Waals surface area contributed by atoms with Crippen LogP contribution in [-0.2, 0) is 17.8 Å². The smallest absolute Gasteiger partial charge is 0.263 e. The number of carbonyl (C=O) groups is 1. The number of carbonyl (C=O) groups excluding carboxylic acids is 1. The lowest BCUT2D eigenvalue weighted by Crippen LogP contribution is -2.25. The van der Waals surface area contributed by atoms with Crippen molar-refractivity contribution < 1.29 is 9.18 Å². The van der Waals surface area contributed by atoms with Crippen LogP contribution in [0.2, 0.25) is 0 Å². The van der Waals surface area contributed by atoms with E-state index < -0.39 is 5.91 Å². The molecule has 0 radical (unpaired) electrons. The van der Waals surface area contributed by atoms with E-state index in [2.05, 4.69) is 15.6 Å². The molecule has 0 unspecified atom stereocenters. The van der Waals surface area contributed by atoms with E-state index in [1.54, 1.807) is 30.6 Å². The van der Waals surface area contributed by atoms with Crippen molar-refractivity contribution in [3.63, 3.8) is 0 Å². The van der Waals surface area contributed by atoms with Crippen molar-refractivity contribution in [2.45, 2.75) is 13.0 Å². The number of nitrogens with zero attached hydrogens (tertiary/aromatic N) is 2. The molecule has 0 saturated carbocycles. The molecule has 2 aromatic rings. The molecule has 0 saturated heterocycles. The van der Waals surface area contributed by atoms with Crippen molar-refractivity contribution in [3.8, 4) is 6.07 Å². The fourth-order valence-electron chi connectivity index (χ4n) is 1.97. The van der Waals surface area contributed by atoms with Gasteiger partial charge in [-0.2, -0.15) is 5.26 Å². The lowest BCUT2D eigenvalue weighted by molar-refractivity contribution is -0.117. The summed E-state index contributed by atoms with van der Waals surface area (Å²) in [6, 6.07) is 11.7. The molecule has 2 rings (SSSR count). The number of benzene rings is 1. The molecule has 1 aromatic carbocycles. The number of rotatable bonds is 7. The minimum Gasteiger partial charge on any atom is -0.389 e. The van der Waals surface area contributed by atoms with Gasteiger partial charge in [0.05, 0.1) is 0 Å². The maximum atomic E-state index is 12.8. The number of halogens is 1. The van der Waals surface area contributed by atoms with Crippen LogP contribution >= 0.6 is 0 Å². The van der Waals surface area contributed by atoms with Crippen LogP contribution in [0.25, 0.3) is 0 Å². The second-order valence-corrected chi connectivity index (χ2v) is 5.04. The maximum absolute atomic E-state index is 12.8. The van der Waals surface area contributed by atoms with Gasteiger partial charge >= 0.3 is 0 Å². The molecular weight excluding hydrogens is 307 g/mol. The van der Waals surface area contributed by atoms with Crippen LogP contribution in [0.4, 0.5) is 4.39 Å². The van der Waals surface area contributed by atoms with Gasteiger partial charge in [-0.25, -0.2) is 4.39 Å². The Balaban J connectivity index is 1.79. The van der Waals surface area contributed by atoms with Gasteiger partial charge in [-0.1, -0.05) is 18.2 Å². The van der Waals surface area contributed by atoms with Crippen molar-refractivity contribution in [1.82, 2.24) is 15.6 Å². The number of aromatic nitrogens is 1. The fourth-order valence-corrected chi connectivity index (χ4v) is 1.97. The van der Waals surface area contributed by atoms with Crippen LogP contribution in [0.1, 0.15) is 11.1 Å². The van der Waals surface area contributed by atoms with E-state index in [0.29, 0.717) is 19.5 Å². The van der Waals surface area contributed by atoms with Crippen LogP contribution in [-0.4, -0.2) is 17.4 Å².